The lowest BCUT2D eigenvalue weighted by molar-refractivity contribution is -0.121. The summed E-state index contributed by atoms with van der Waals surface area (Å²) in [5.41, 5.74) is 1.48. The van der Waals surface area contributed by atoms with E-state index >= 15 is 0 Å². The second-order valence-corrected chi connectivity index (χ2v) is 5.74. The first-order chi connectivity index (χ1) is 8.68. The molecule has 1 aromatic carbocycles. The number of hydrogen-bond donors (Lipinski definition) is 2. The van der Waals surface area contributed by atoms with Crippen molar-refractivity contribution in [1.29, 1.82) is 0 Å². The van der Waals surface area contributed by atoms with Gasteiger partial charge in [0.2, 0.25) is 5.91 Å². The Morgan fingerprint density at radius 1 is 1.39 bits per heavy atom. The molecule has 1 amide bonds. The summed E-state index contributed by atoms with van der Waals surface area (Å²) in [5, 5.41) is 6.03. The van der Waals surface area contributed by atoms with E-state index in [0.29, 0.717) is 6.42 Å². The van der Waals surface area contributed by atoms with Gasteiger partial charge in [0.05, 0.1) is 0 Å². The van der Waals surface area contributed by atoms with E-state index in [0.717, 1.165) is 30.4 Å². The Kier molecular flexibility index (Phi) is 4.40. The molecule has 1 aromatic rings. The van der Waals surface area contributed by atoms with Crippen LogP contribution in [0.4, 0.5) is 0 Å². The predicted molar refractivity (Wildman–Crippen MR) is 76.6 cm³/mol. The highest BCUT2D eigenvalue weighted by Gasteiger charge is 2.45. The van der Waals surface area contributed by atoms with Crippen LogP contribution in [0, 0.1) is 0 Å². The molecule has 0 saturated heterocycles. The molecule has 3 nitrogen and oxygen atoms in total. The highest BCUT2D eigenvalue weighted by Crippen LogP contribution is 2.49. The number of nitrogens with one attached hydrogen (secondary N) is 2. The fourth-order valence-electron chi connectivity index (χ4n) is 2.18. The fourth-order valence-corrected chi connectivity index (χ4v) is 2.88. The van der Waals surface area contributed by atoms with Crippen LogP contribution in [0.25, 0.3) is 0 Å². The van der Waals surface area contributed by atoms with Crippen molar-refractivity contribution in [3.05, 3.63) is 34.3 Å². The summed E-state index contributed by atoms with van der Waals surface area (Å²) in [5.74, 6) is 0.127. The normalized spacial score (nSPS) is 16.3. The van der Waals surface area contributed by atoms with E-state index in [1.165, 1.54) is 5.56 Å². The summed E-state index contributed by atoms with van der Waals surface area (Å²) in [7, 11) is 1.86. The van der Waals surface area contributed by atoms with E-state index in [1.807, 2.05) is 13.1 Å². The minimum absolute atomic E-state index is 0.127. The third kappa shape index (κ3) is 3.12. The number of benzene rings is 1. The topological polar surface area (TPSA) is 41.1 Å². The zero-order valence-electron chi connectivity index (χ0n) is 10.6. The Morgan fingerprint density at radius 2 is 2.11 bits per heavy atom. The molecule has 0 heterocycles. The van der Waals surface area contributed by atoms with Crippen molar-refractivity contribution < 1.29 is 4.79 Å². The molecule has 0 aliphatic heterocycles. The summed E-state index contributed by atoms with van der Waals surface area (Å²) in [6.45, 7) is 1.48. The van der Waals surface area contributed by atoms with Crippen LogP contribution < -0.4 is 10.6 Å². The minimum Gasteiger partial charge on any atom is -0.355 e. The van der Waals surface area contributed by atoms with Crippen LogP contribution in [0.3, 0.4) is 0 Å². The molecule has 0 atom stereocenters. The fraction of sp³-hybridized carbons (Fsp3) is 0.500. The molecule has 1 saturated carbocycles. The number of rotatable bonds is 6. The first-order valence-electron chi connectivity index (χ1n) is 6.34. The summed E-state index contributed by atoms with van der Waals surface area (Å²) < 4.78 is 1.15. The molecule has 1 aliphatic rings. The first-order valence-corrected chi connectivity index (χ1v) is 7.13. The average molecular weight is 311 g/mol. The molecule has 0 unspecified atom stereocenters. The molecule has 1 aliphatic carbocycles. The minimum atomic E-state index is 0.127. The van der Waals surface area contributed by atoms with Gasteiger partial charge in [0, 0.05) is 29.4 Å². The Labute approximate surface area is 116 Å². The van der Waals surface area contributed by atoms with Crippen LogP contribution in [0.5, 0.6) is 0 Å². The number of halogens is 1. The smallest absolute Gasteiger partial charge is 0.221 e. The predicted octanol–water partition coefficient (Wildman–Crippen LogP) is 2.21. The lowest BCUT2D eigenvalue weighted by Crippen LogP contribution is -2.33. The number of amides is 1. The molecule has 0 spiro atoms. The Hall–Kier alpha value is -0.870. The summed E-state index contributed by atoms with van der Waals surface area (Å²) in [4.78, 5) is 11.6. The van der Waals surface area contributed by atoms with Gasteiger partial charge in [-0.1, -0.05) is 34.1 Å². The monoisotopic (exact) mass is 310 g/mol. The number of carbonyl (C=O) groups excluding carboxylic acids is 1. The van der Waals surface area contributed by atoms with Crippen LogP contribution in [-0.4, -0.2) is 26.0 Å². The lowest BCUT2D eigenvalue weighted by Gasteiger charge is -2.18. The maximum Gasteiger partial charge on any atom is 0.221 e. The van der Waals surface area contributed by atoms with Gasteiger partial charge in [-0.25, -0.2) is 0 Å². The van der Waals surface area contributed by atoms with Gasteiger partial charge >= 0.3 is 0 Å². The summed E-state index contributed by atoms with van der Waals surface area (Å²) >= 11 is 3.60. The highest BCUT2D eigenvalue weighted by molar-refractivity contribution is 9.10. The maximum absolute atomic E-state index is 11.6. The Balaban J connectivity index is 1.93. The van der Waals surface area contributed by atoms with Gasteiger partial charge in [-0.3, -0.25) is 4.79 Å². The van der Waals surface area contributed by atoms with Crippen molar-refractivity contribution in [2.24, 2.45) is 0 Å². The molecule has 0 aromatic heterocycles. The third-order valence-corrected chi connectivity index (χ3v) is 4.22. The van der Waals surface area contributed by atoms with Gasteiger partial charge in [0.1, 0.15) is 0 Å². The largest absolute Gasteiger partial charge is 0.355 e. The van der Waals surface area contributed by atoms with Crippen LogP contribution >= 0.6 is 15.9 Å². The average Bonchev–Trinajstić information content (AvgIpc) is 3.15. The molecule has 2 rings (SSSR count). The van der Waals surface area contributed by atoms with Crippen LogP contribution in [0.15, 0.2) is 28.7 Å². The third-order valence-electron chi connectivity index (χ3n) is 3.52. The van der Waals surface area contributed by atoms with Crippen molar-refractivity contribution in [2.75, 3.05) is 20.1 Å². The number of hydrogen-bond acceptors (Lipinski definition) is 2. The SMILES string of the molecule is CNCCC(=O)NCC1(c2ccccc2Br)CC1. The second kappa shape index (κ2) is 5.85. The van der Waals surface area contributed by atoms with E-state index in [9.17, 15) is 4.79 Å². The molecule has 2 N–H and O–H groups in total. The van der Waals surface area contributed by atoms with Crippen molar-refractivity contribution in [3.8, 4) is 0 Å². The van der Waals surface area contributed by atoms with Crippen molar-refractivity contribution in [3.63, 3.8) is 0 Å². The van der Waals surface area contributed by atoms with E-state index in [-0.39, 0.29) is 11.3 Å². The van der Waals surface area contributed by atoms with E-state index < -0.39 is 0 Å². The van der Waals surface area contributed by atoms with Gasteiger partial charge in [-0.2, -0.15) is 0 Å². The molecular formula is C14H19BrN2O. The van der Waals surface area contributed by atoms with Gasteiger partial charge in [-0.15, -0.1) is 0 Å². The quantitative estimate of drug-likeness (QED) is 0.846. The van der Waals surface area contributed by atoms with Gasteiger partial charge in [0.15, 0.2) is 0 Å². The molecule has 0 radical (unpaired) electrons. The molecule has 0 bridgehead atoms. The maximum atomic E-state index is 11.6. The highest BCUT2D eigenvalue weighted by atomic mass is 79.9. The zero-order valence-corrected chi connectivity index (χ0v) is 12.2. The first kappa shape index (κ1) is 13.6. The molecule has 4 heteroatoms. The van der Waals surface area contributed by atoms with Crippen molar-refractivity contribution in [2.45, 2.75) is 24.7 Å². The van der Waals surface area contributed by atoms with Gasteiger partial charge in [0.25, 0.3) is 0 Å². The van der Waals surface area contributed by atoms with Crippen molar-refractivity contribution >= 4 is 21.8 Å². The van der Waals surface area contributed by atoms with Crippen LogP contribution in [0.1, 0.15) is 24.8 Å². The molecule has 18 heavy (non-hydrogen) atoms. The van der Waals surface area contributed by atoms with Crippen LogP contribution in [0.2, 0.25) is 0 Å². The Morgan fingerprint density at radius 3 is 2.72 bits per heavy atom. The number of carbonyl (C=O) groups is 1. The van der Waals surface area contributed by atoms with E-state index in [4.69, 9.17) is 0 Å². The van der Waals surface area contributed by atoms with E-state index in [1.54, 1.807) is 0 Å². The summed E-state index contributed by atoms with van der Waals surface area (Å²) in [6, 6.07) is 8.30. The van der Waals surface area contributed by atoms with Crippen LogP contribution in [-0.2, 0) is 10.2 Å². The van der Waals surface area contributed by atoms with Crippen molar-refractivity contribution in [1.82, 2.24) is 10.6 Å². The van der Waals surface area contributed by atoms with Gasteiger partial charge in [-0.05, 0) is 31.5 Å². The van der Waals surface area contributed by atoms with E-state index in [2.05, 4.69) is 44.8 Å². The molecule has 98 valence electrons. The molecule has 1 fully saturated rings. The lowest BCUT2D eigenvalue weighted by atomic mass is 9.96. The zero-order chi connectivity index (χ0) is 13.0. The molecular weight excluding hydrogens is 292 g/mol. The second-order valence-electron chi connectivity index (χ2n) is 4.89. The van der Waals surface area contributed by atoms with Gasteiger partial charge < -0.3 is 10.6 Å². The standard InChI is InChI=1S/C14H19BrN2O/c1-16-9-6-13(18)17-10-14(7-8-14)11-4-2-3-5-12(11)15/h2-5,16H,6-10H2,1H3,(H,17,18). The Bertz CT molecular complexity index is 430. The summed E-state index contributed by atoms with van der Waals surface area (Å²) in [6.07, 6.45) is 2.85.